The molecule has 4 N–H and O–H groups in total. The largest absolute Gasteiger partial charge is 0.381 e. The van der Waals surface area contributed by atoms with Crippen molar-refractivity contribution in [2.24, 2.45) is 22.6 Å². The molecule has 0 bridgehead atoms. The fourth-order valence-corrected chi connectivity index (χ4v) is 3.97. The molecule has 8 nitrogen and oxygen atoms in total. The van der Waals surface area contributed by atoms with Gasteiger partial charge in [-0.3, -0.25) is 9.79 Å². The van der Waals surface area contributed by atoms with Gasteiger partial charge in [0.05, 0.1) is 0 Å². The zero-order valence-electron chi connectivity index (χ0n) is 19.3. The summed E-state index contributed by atoms with van der Waals surface area (Å²) in [6.45, 7) is 11.1. The lowest BCUT2D eigenvalue weighted by Crippen LogP contribution is -2.39. The van der Waals surface area contributed by atoms with Crippen molar-refractivity contribution in [2.45, 2.75) is 51.9 Å². The molecule has 9 heteroatoms. The highest BCUT2D eigenvalue weighted by molar-refractivity contribution is 14.0. The Morgan fingerprint density at radius 1 is 1.13 bits per heavy atom. The van der Waals surface area contributed by atoms with Gasteiger partial charge < -0.3 is 30.7 Å². The second kappa shape index (κ2) is 17.9. The van der Waals surface area contributed by atoms with E-state index in [1.807, 2.05) is 0 Å². The minimum atomic E-state index is -0.139. The molecule has 0 unspecified atom stereocenters. The quantitative estimate of drug-likeness (QED) is 0.140. The van der Waals surface area contributed by atoms with Gasteiger partial charge >= 0.3 is 0 Å². The van der Waals surface area contributed by atoms with E-state index < -0.39 is 0 Å². The van der Waals surface area contributed by atoms with E-state index in [-0.39, 0.29) is 35.8 Å². The molecule has 0 aromatic heterocycles. The number of nitrogens with zero attached hydrogens (tertiary/aromatic N) is 2. The molecule has 2 saturated heterocycles. The zero-order chi connectivity index (χ0) is 21.4. The third-order valence-electron chi connectivity index (χ3n) is 5.94. The number of likely N-dealkylation sites (tertiary alicyclic amines) is 1. The lowest BCUT2D eigenvalue weighted by molar-refractivity contribution is -0.123. The fourth-order valence-electron chi connectivity index (χ4n) is 3.97. The van der Waals surface area contributed by atoms with E-state index in [2.05, 4.69) is 27.4 Å². The molecule has 1 amide bonds. The number of rotatable bonds is 13. The second-order valence-electron chi connectivity index (χ2n) is 8.40. The molecule has 2 heterocycles. The van der Waals surface area contributed by atoms with Crippen molar-refractivity contribution in [3.63, 3.8) is 0 Å². The molecule has 0 saturated carbocycles. The predicted molar refractivity (Wildman–Crippen MR) is 136 cm³/mol. The Bertz CT molecular complexity index is 496. The summed E-state index contributed by atoms with van der Waals surface area (Å²) in [7, 11) is 0. The lowest BCUT2D eigenvalue weighted by atomic mass is 9.96. The molecule has 2 aliphatic rings. The number of hydrogen-bond donors (Lipinski definition) is 3. The van der Waals surface area contributed by atoms with Gasteiger partial charge in [-0.1, -0.05) is 0 Å². The number of halogens is 1. The van der Waals surface area contributed by atoms with Crippen LogP contribution in [-0.2, 0) is 14.3 Å². The number of primary amides is 1. The maximum absolute atomic E-state index is 11.2. The van der Waals surface area contributed by atoms with Gasteiger partial charge in [-0.15, -0.1) is 24.0 Å². The van der Waals surface area contributed by atoms with Crippen molar-refractivity contribution in [3.8, 4) is 0 Å². The Kier molecular flexibility index (Phi) is 16.3. The first-order chi connectivity index (χ1) is 14.7. The molecule has 0 aliphatic carbocycles. The van der Waals surface area contributed by atoms with Crippen LogP contribution in [0.5, 0.6) is 0 Å². The Hall–Kier alpha value is -0.650. The van der Waals surface area contributed by atoms with Crippen molar-refractivity contribution in [1.29, 1.82) is 0 Å². The molecule has 0 spiro atoms. The smallest absolute Gasteiger partial charge is 0.220 e. The number of guanidine groups is 1. The van der Waals surface area contributed by atoms with Crippen molar-refractivity contribution < 1.29 is 14.3 Å². The average molecular weight is 554 g/mol. The monoisotopic (exact) mass is 553 g/mol. The maximum Gasteiger partial charge on any atom is 0.220 e. The van der Waals surface area contributed by atoms with Crippen LogP contribution >= 0.6 is 24.0 Å². The molecule has 2 aliphatic heterocycles. The molecule has 0 atom stereocenters. The average Bonchev–Trinajstić information content (AvgIpc) is 2.76. The van der Waals surface area contributed by atoms with Crippen molar-refractivity contribution in [3.05, 3.63) is 0 Å². The number of aliphatic imine (C=N–C) groups is 1. The predicted octanol–water partition coefficient (Wildman–Crippen LogP) is 1.97. The van der Waals surface area contributed by atoms with Crippen LogP contribution in [-0.4, -0.2) is 82.5 Å². The topological polar surface area (TPSA) is 101 Å². The van der Waals surface area contributed by atoms with Crippen molar-refractivity contribution >= 4 is 35.8 Å². The summed E-state index contributed by atoms with van der Waals surface area (Å²) in [5.41, 5.74) is 5.40. The van der Waals surface area contributed by atoms with Crippen LogP contribution < -0.4 is 16.4 Å². The summed E-state index contributed by atoms with van der Waals surface area (Å²) in [5, 5.41) is 6.74. The molecular weight excluding hydrogens is 509 g/mol. The number of nitrogens with two attached hydrogens (primary N) is 1. The first-order valence-corrected chi connectivity index (χ1v) is 11.9. The molecule has 2 fully saturated rings. The number of ether oxygens (including phenoxy) is 2. The summed E-state index contributed by atoms with van der Waals surface area (Å²) in [6, 6.07) is 0. The van der Waals surface area contributed by atoms with Gasteiger partial charge in [0.1, 0.15) is 0 Å². The Morgan fingerprint density at radius 3 is 2.55 bits per heavy atom. The standard InChI is InChI=1S/C22H43N5O3.HI/c1-2-24-22(26-11-5-15-30-18-19-8-16-29-17-9-19)25-10-3-4-12-27-13-6-20(7-14-27)21(23)28;/h19-20H,2-18H2,1H3,(H2,23,28)(H2,24,25,26);1H. The van der Waals surface area contributed by atoms with Crippen molar-refractivity contribution in [2.75, 3.05) is 65.7 Å². The summed E-state index contributed by atoms with van der Waals surface area (Å²) >= 11 is 0. The van der Waals surface area contributed by atoms with Gasteiger partial charge in [-0.25, -0.2) is 0 Å². The van der Waals surface area contributed by atoms with Gasteiger partial charge in [0.25, 0.3) is 0 Å². The molecule has 0 aromatic carbocycles. The van der Waals surface area contributed by atoms with E-state index >= 15 is 0 Å². The molecule has 2 rings (SSSR count). The Morgan fingerprint density at radius 2 is 1.87 bits per heavy atom. The SMILES string of the molecule is CCNC(=NCCCOCC1CCOCC1)NCCCCN1CCC(C(N)=O)CC1.I. The Labute approximate surface area is 205 Å². The minimum absolute atomic E-state index is 0. The first kappa shape index (κ1) is 28.4. The van der Waals surface area contributed by atoms with Crippen LogP contribution in [0.25, 0.3) is 0 Å². The van der Waals surface area contributed by atoms with E-state index in [0.29, 0.717) is 5.92 Å². The van der Waals surface area contributed by atoms with E-state index in [9.17, 15) is 4.79 Å². The lowest BCUT2D eigenvalue weighted by Gasteiger charge is -2.30. The molecular formula is C22H44IN5O3. The number of carbonyl (C=O) groups excluding carboxylic acids is 1. The van der Waals surface area contributed by atoms with E-state index in [4.69, 9.17) is 15.2 Å². The minimum Gasteiger partial charge on any atom is -0.381 e. The van der Waals surface area contributed by atoms with Gasteiger partial charge in [0, 0.05) is 52.0 Å². The highest BCUT2D eigenvalue weighted by Gasteiger charge is 2.22. The molecule has 31 heavy (non-hydrogen) atoms. The van der Waals surface area contributed by atoms with E-state index in [1.165, 1.54) is 0 Å². The number of nitrogens with one attached hydrogen (secondary N) is 2. The third kappa shape index (κ3) is 12.8. The fraction of sp³-hybridized carbons (Fsp3) is 0.909. The van der Waals surface area contributed by atoms with Crippen LogP contribution in [0.1, 0.15) is 51.9 Å². The van der Waals surface area contributed by atoms with E-state index in [0.717, 1.165) is 117 Å². The summed E-state index contributed by atoms with van der Waals surface area (Å²) in [6.07, 6.45) is 7.26. The number of carbonyl (C=O) groups is 1. The van der Waals surface area contributed by atoms with Gasteiger partial charge in [-0.05, 0) is 77.4 Å². The Balaban J connectivity index is 0.00000480. The summed E-state index contributed by atoms with van der Waals surface area (Å²) in [4.78, 5) is 18.3. The normalized spacial score (nSPS) is 19.1. The van der Waals surface area contributed by atoms with Crippen LogP contribution in [0.4, 0.5) is 0 Å². The molecule has 0 aromatic rings. The number of hydrogen-bond acceptors (Lipinski definition) is 5. The van der Waals surface area contributed by atoms with Crippen LogP contribution in [0.3, 0.4) is 0 Å². The van der Waals surface area contributed by atoms with Gasteiger partial charge in [-0.2, -0.15) is 0 Å². The third-order valence-corrected chi connectivity index (χ3v) is 5.94. The number of unbranched alkanes of at least 4 members (excludes halogenated alkanes) is 1. The summed E-state index contributed by atoms with van der Waals surface area (Å²) < 4.78 is 11.2. The number of piperidine rings is 1. The van der Waals surface area contributed by atoms with E-state index in [1.54, 1.807) is 0 Å². The van der Waals surface area contributed by atoms with Crippen LogP contribution in [0, 0.1) is 11.8 Å². The van der Waals surface area contributed by atoms with Crippen LogP contribution in [0.15, 0.2) is 4.99 Å². The molecule has 182 valence electrons. The van der Waals surface area contributed by atoms with Crippen molar-refractivity contribution in [1.82, 2.24) is 15.5 Å². The highest BCUT2D eigenvalue weighted by atomic mass is 127. The summed E-state index contributed by atoms with van der Waals surface area (Å²) in [5.74, 6) is 1.49. The molecule has 0 radical (unpaired) electrons. The van der Waals surface area contributed by atoms with Crippen LogP contribution in [0.2, 0.25) is 0 Å². The van der Waals surface area contributed by atoms with Gasteiger partial charge in [0.15, 0.2) is 5.96 Å². The highest BCUT2D eigenvalue weighted by Crippen LogP contribution is 2.17. The number of amides is 1. The zero-order valence-corrected chi connectivity index (χ0v) is 21.6. The first-order valence-electron chi connectivity index (χ1n) is 11.9. The van der Waals surface area contributed by atoms with Gasteiger partial charge in [0.2, 0.25) is 5.91 Å². The maximum atomic E-state index is 11.2. The second-order valence-corrected chi connectivity index (χ2v) is 8.40.